The lowest BCUT2D eigenvalue weighted by atomic mass is 10.1. The number of rotatable bonds is 4. The van der Waals surface area contributed by atoms with E-state index in [1.165, 1.54) is 13.4 Å². The van der Waals surface area contributed by atoms with Crippen LogP contribution in [0.4, 0.5) is 4.79 Å². The Balaban J connectivity index is 0.00000264. The summed E-state index contributed by atoms with van der Waals surface area (Å²) in [5, 5.41) is 10.4. The van der Waals surface area contributed by atoms with E-state index in [4.69, 9.17) is 9.26 Å². The number of halogens is 1. The largest absolute Gasteiger partial charge is 0.453 e. The van der Waals surface area contributed by atoms with Gasteiger partial charge >= 0.3 is 6.09 Å². The fourth-order valence-electron chi connectivity index (χ4n) is 2.33. The number of hydrogen-bond acceptors (Lipinski definition) is 5. The van der Waals surface area contributed by atoms with Crippen LogP contribution in [0.2, 0.25) is 0 Å². The number of guanidine groups is 1. The molecule has 8 nitrogen and oxygen atoms in total. The number of methoxy groups -OCH3 is 1. The predicted octanol–water partition coefficient (Wildman–Crippen LogP) is 1.58. The second kappa shape index (κ2) is 10.3. The van der Waals surface area contributed by atoms with Crippen molar-refractivity contribution in [2.75, 3.05) is 26.7 Å². The van der Waals surface area contributed by atoms with E-state index in [2.05, 4.69) is 20.8 Å². The van der Waals surface area contributed by atoms with Crippen LogP contribution in [0, 0.1) is 0 Å². The second-order valence-corrected chi connectivity index (χ2v) is 5.06. The summed E-state index contributed by atoms with van der Waals surface area (Å²) in [6.45, 7) is 4.64. The third kappa shape index (κ3) is 6.24. The van der Waals surface area contributed by atoms with E-state index in [0.717, 1.165) is 31.0 Å². The molecule has 2 heterocycles. The minimum absolute atomic E-state index is 0. The lowest BCUT2D eigenvalue weighted by Gasteiger charge is -2.32. The van der Waals surface area contributed by atoms with Gasteiger partial charge < -0.3 is 24.8 Å². The molecule has 0 aromatic carbocycles. The van der Waals surface area contributed by atoms with Crippen LogP contribution in [-0.4, -0.2) is 54.9 Å². The first-order chi connectivity index (χ1) is 10.7. The molecular formula is C14H24IN5O3. The second-order valence-electron chi connectivity index (χ2n) is 5.06. The van der Waals surface area contributed by atoms with Crippen molar-refractivity contribution in [3.63, 3.8) is 0 Å². The van der Waals surface area contributed by atoms with Gasteiger partial charge in [0.2, 0.25) is 0 Å². The highest BCUT2D eigenvalue weighted by atomic mass is 127. The Morgan fingerprint density at radius 2 is 2.26 bits per heavy atom. The number of carbonyl (C=O) groups is 1. The zero-order valence-corrected chi connectivity index (χ0v) is 15.8. The topological polar surface area (TPSA) is 92.0 Å². The van der Waals surface area contributed by atoms with Gasteiger partial charge in [-0.05, 0) is 19.8 Å². The molecule has 0 atom stereocenters. The Bertz CT molecular complexity index is 487. The quantitative estimate of drug-likeness (QED) is 0.422. The van der Waals surface area contributed by atoms with Crippen molar-refractivity contribution in [3.05, 3.63) is 18.0 Å². The number of hydrogen-bond donors (Lipinski definition) is 2. The Kier molecular flexibility index (Phi) is 8.74. The zero-order chi connectivity index (χ0) is 15.8. The summed E-state index contributed by atoms with van der Waals surface area (Å²) in [4.78, 5) is 17.7. The molecule has 23 heavy (non-hydrogen) atoms. The van der Waals surface area contributed by atoms with Gasteiger partial charge in [-0.15, -0.1) is 24.0 Å². The van der Waals surface area contributed by atoms with Gasteiger partial charge in [0.05, 0.1) is 13.7 Å². The molecule has 0 saturated carbocycles. The van der Waals surface area contributed by atoms with Crippen molar-refractivity contribution in [2.45, 2.75) is 32.4 Å². The Labute approximate surface area is 153 Å². The van der Waals surface area contributed by atoms with Gasteiger partial charge in [0.15, 0.2) is 5.96 Å². The van der Waals surface area contributed by atoms with E-state index >= 15 is 0 Å². The maximum Gasteiger partial charge on any atom is 0.409 e. The first-order valence-corrected chi connectivity index (χ1v) is 7.50. The number of likely N-dealkylation sites (tertiary alicyclic amines) is 1. The molecule has 1 aromatic heterocycles. The molecule has 2 rings (SSSR count). The lowest BCUT2D eigenvalue weighted by molar-refractivity contribution is 0.111. The van der Waals surface area contributed by atoms with Crippen molar-refractivity contribution in [2.24, 2.45) is 4.99 Å². The van der Waals surface area contributed by atoms with Crippen molar-refractivity contribution < 1.29 is 14.1 Å². The Morgan fingerprint density at radius 3 is 2.83 bits per heavy atom. The summed E-state index contributed by atoms with van der Waals surface area (Å²) in [5.41, 5.74) is 0.790. The Hall–Kier alpha value is -1.52. The van der Waals surface area contributed by atoms with E-state index in [9.17, 15) is 4.79 Å². The van der Waals surface area contributed by atoms with Crippen molar-refractivity contribution >= 4 is 36.0 Å². The number of nitrogens with zero attached hydrogens (tertiary/aromatic N) is 3. The molecular weight excluding hydrogens is 413 g/mol. The number of carbonyl (C=O) groups excluding carboxylic acids is 1. The molecule has 1 fully saturated rings. The Morgan fingerprint density at radius 1 is 1.52 bits per heavy atom. The van der Waals surface area contributed by atoms with Crippen LogP contribution in [0.25, 0.3) is 0 Å². The molecule has 0 radical (unpaired) electrons. The standard InChI is InChI=1S/C14H23N5O3.HI/c1-3-15-13(16-10-12-6-9-22-18-12)17-11-4-7-19(8-5-11)14(20)21-2;/h6,9,11H,3-5,7-8,10H2,1-2H3,(H2,15,16,17);1H. The van der Waals surface area contributed by atoms with Crippen LogP contribution in [-0.2, 0) is 11.3 Å². The van der Waals surface area contributed by atoms with E-state index < -0.39 is 0 Å². The molecule has 1 aromatic rings. The van der Waals surface area contributed by atoms with Crippen LogP contribution in [0.15, 0.2) is 21.8 Å². The SMILES string of the molecule is CCNC(=NCc1ccon1)NC1CCN(C(=O)OC)CC1.I. The molecule has 0 aliphatic carbocycles. The minimum Gasteiger partial charge on any atom is -0.453 e. The maximum absolute atomic E-state index is 11.5. The molecule has 2 N–H and O–H groups in total. The highest BCUT2D eigenvalue weighted by molar-refractivity contribution is 14.0. The molecule has 1 saturated heterocycles. The first-order valence-electron chi connectivity index (χ1n) is 7.50. The first kappa shape index (κ1) is 19.5. The van der Waals surface area contributed by atoms with Gasteiger partial charge in [-0.2, -0.15) is 0 Å². The monoisotopic (exact) mass is 437 g/mol. The van der Waals surface area contributed by atoms with Crippen LogP contribution >= 0.6 is 24.0 Å². The molecule has 0 bridgehead atoms. The zero-order valence-electron chi connectivity index (χ0n) is 13.4. The predicted molar refractivity (Wildman–Crippen MR) is 96.9 cm³/mol. The molecule has 0 spiro atoms. The van der Waals surface area contributed by atoms with Gasteiger partial charge in [-0.3, -0.25) is 0 Å². The summed E-state index contributed by atoms with van der Waals surface area (Å²) in [6.07, 6.45) is 3.01. The number of aromatic nitrogens is 1. The third-order valence-electron chi connectivity index (χ3n) is 3.50. The number of aliphatic imine (C=N–C) groups is 1. The number of ether oxygens (including phenoxy) is 1. The summed E-state index contributed by atoms with van der Waals surface area (Å²) < 4.78 is 9.53. The van der Waals surface area contributed by atoms with Gasteiger partial charge in [-0.25, -0.2) is 9.79 Å². The van der Waals surface area contributed by atoms with Crippen molar-refractivity contribution in [1.29, 1.82) is 0 Å². The summed E-state index contributed by atoms with van der Waals surface area (Å²) in [7, 11) is 1.41. The molecule has 1 aliphatic heterocycles. The van der Waals surface area contributed by atoms with Crippen LogP contribution in [0.3, 0.4) is 0 Å². The average Bonchev–Trinajstić information content (AvgIpc) is 3.06. The summed E-state index contributed by atoms with van der Waals surface area (Å²) >= 11 is 0. The number of nitrogens with one attached hydrogen (secondary N) is 2. The maximum atomic E-state index is 11.5. The lowest BCUT2D eigenvalue weighted by Crippen LogP contribution is -2.49. The average molecular weight is 437 g/mol. The molecule has 1 aliphatic rings. The van der Waals surface area contributed by atoms with Crippen LogP contribution in [0.1, 0.15) is 25.5 Å². The number of amides is 1. The van der Waals surface area contributed by atoms with E-state index in [1.54, 1.807) is 11.0 Å². The smallest absolute Gasteiger partial charge is 0.409 e. The highest BCUT2D eigenvalue weighted by Gasteiger charge is 2.23. The third-order valence-corrected chi connectivity index (χ3v) is 3.50. The normalized spacial score (nSPS) is 15.7. The van der Waals surface area contributed by atoms with Gasteiger partial charge in [0, 0.05) is 31.7 Å². The molecule has 130 valence electrons. The van der Waals surface area contributed by atoms with Gasteiger partial charge in [0.25, 0.3) is 0 Å². The van der Waals surface area contributed by atoms with E-state index in [0.29, 0.717) is 19.6 Å². The molecule has 0 unspecified atom stereocenters. The van der Waals surface area contributed by atoms with Crippen molar-refractivity contribution in [3.8, 4) is 0 Å². The summed E-state index contributed by atoms with van der Waals surface area (Å²) in [6, 6.07) is 2.08. The van der Waals surface area contributed by atoms with E-state index in [1.807, 2.05) is 6.92 Å². The number of piperidine rings is 1. The van der Waals surface area contributed by atoms with Crippen molar-refractivity contribution in [1.82, 2.24) is 20.7 Å². The van der Waals surface area contributed by atoms with Crippen LogP contribution in [0.5, 0.6) is 0 Å². The van der Waals surface area contributed by atoms with E-state index in [-0.39, 0.29) is 36.1 Å². The molecule has 9 heteroatoms. The van der Waals surface area contributed by atoms with Crippen LogP contribution < -0.4 is 10.6 Å². The van der Waals surface area contributed by atoms with Gasteiger partial charge in [0.1, 0.15) is 12.0 Å². The minimum atomic E-state index is -0.259. The fraction of sp³-hybridized carbons (Fsp3) is 0.643. The summed E-state index contributed by atoms with van der Waals surface area (Å²) in [5.74, 6) is 0.752. The highest BCUT2D eigenvalue weighted by Crippen LogP contribution is 2.11. The molecule has 1 amide bonds. The fourth-order valence-corrected chi connectivity index (χ4v) is 2.33. The van der Waals surface area contributed by atoms with Gasteiger partial charge in [-0.1, -0.05) is 5.16 Å².